The lowest BCUT2D eigenvalue weighted by Crippen LogP contribution is -2.36. The van der Waals surface area contributed by atoms with Crippen LogP contribution in [0.3, 0.4) is 0 Å². The first kappa shape index (κ1) is 13.8. The van der Waals surface area contributed by atoms with Crippen LogP contribution >= 0.6 is 0 Å². The van der Waals surface area contributed by atoms with Gasteiger partial charge in [-0.25, -0.2) is 4.98 Å². The molecule has 1 saturated heterocycles. The van der Waals surface area contributed by atoms with Crippen molar-refractivity contribution in [3.63, 3.8) is 0 Å². The maximum Gasteiger partial charge on any atom is 0.249 e. The summed E-state index contributed by atoms with van der Waals surface area (Å²) >= 11 is 0. The first-order chi connectivity index (χ1) is 10.2. The fraction of sp³-hybridized carbons (Fsp3) is 0.375. The van der Waals surface area contributed by atoms with E-state index in [2.05, 4.69) is 15.3 Å². The summed E-state index contributed by atoms with van der Waals surface area (Å²) in [7, 11) is 0. The molecule has 1 aromatic heterocycles. The lowest BCUT2D eigenvalue weighted by molar-refractivity contribution is -0.130. The zero-order valence-electron chi connectivity index (χ0n) is 12.0. The number of carbonyl (C=O) groups is 1. The van der Waals surface area contributed by atoms with Crippen LogP contribution in [0.4, 0.5) is 0 Å². The van der Waals surface area contributed by atoms with E-state index in [-0.39, 0.29) is 18.1 Å². The Bertz CT molecular complexity index is 603. The highest BCUT2D eigenvalue weighted by atomic mass is 16.5. The molecule has 3 rings (SSSR count). The summed E-state index contributed by atoms with van der Waals surface area (Å²) in [5.74, 6) is 0.692. The number of rotatable bonds is 4. The van der Waals surface area contributed by atoms with Crippen molar-refractivity contribution >= 4 is 5.91 Å². The van der Waals surface area contributed by atoms with Crippen molar-refractivity contribution < 1.29 is 9.53 Å². The van der Waals surface area contributed by atoms with Gasteiger partial charge in [0, 0.05) is 6.61 Å². The van der Waals surface area contributed by atoms with E-state index in [9.17, 15) is 4.79 Å². The molecule has 2 heterocycles. The van der Waals surface area contributed by atoms with Crippen LogP contribution < -0.4 is 5.32 Å². The molecule has 1 aromatic carbocycles. The molecule has 1 fully saturated rings. The third-order valence-electron chi connectivity index (χ3n) is 3.67. The van der Waals surface area contributed by atoms with Gasteiger partial charge in [0.2, 0.25) is 5.91 Å². The summed E-state index contributed by atoms with van der Waals surface area (Å²) in [4.78, 5) is 19.6. The van der Waals surface area contributed by atoms with Crippen molar-refractivity contribution in [1.82, 2.24) is 15.3 Å². The maximum absolute atomic E-state index is 12.0. The maximum atomic E-state index is 12.0. The second kappa shape index (κ2) is 6.10. The number of benzene rings is 1. The number of aromatic nitrogens is 2. The van der Waals surface area contributed by atoms with Crippen LogP contribution in [0.5, 0.6) is 0 Å². The lowest BCUT2D eigenvalue weighted by atomic mass is 10.2. The summed E-state index contributed by atoms with van der Waals surface area (Å²) in [6, 6.07) is 9.82. The quantitative estimate of drug-likeness (QED) is 0.906. The largest absolute Gasteiger partial charge is 0.368 e. The van der Waals surface area contributed by atoms with Gasteiger partial charge in [-0.15, -0.1) is 0 Å². The molecule has 21 heavy (non-hydrogen) atoms. The molecule has 5 nitrogen and oxygen atoms in total. The van der Waals surface area contributed by atoms with E-state index >= 15 is 0 Å². The van der Waals surface area contributed by atoms with E-state index in [0.29, 0.717) is 6.61 Å². The minimum Gasteiger partial charge on any atom is -0.368 e. The molecule has 5 heteroatoms. The van der Waals surface area contributed by atoms with Crippen molar-refractivity contribution in [2.45, 2.75) is 31.9 Å². The van der Waals surface area contributed by atoms with Crippen molar-refractivity contribution in [2.24, 2.45) is 0 Å². The summed E-state index contributed by atoms with van der Waals surface area (Å²) in [6.07, 6.45) is 3.23. The van der Waals surface area contributed by atoms with Gasteiger partial charge >= 0.3 is 0 Å². The van der Waals surface area contributed by atoms with Gasteiger partial charge in [-0.2, -0.15) is 0 Å². The number of hydrogen-bond acceptors (Lipinski definition) is 3. The van der Waals surface area contributed by atoms with Crippen LogP contribution in [0.25, 0.3) is 11.3 Å². The van der Waals surface area contributed by atoms with E-state index in [0.717, 1.165) is 29.9 Å². The zero-order valence-corrected chi connectivity index (χ0v) is 12.0. The van der Waals surface area contributed by atoms with Gasteiger partial charge in [-0.3, -0.25) is 4.79 Å². The predicted molar refractivity (Wildman–Crippen MR) is 79.6 cm³/mol. The summed E-state index contributed by atoms with van der Waals surface area (Å²) in [6.45, 7) is 2.59. The molecular formula is C16H19N3O2. The number of ether oxygens (including phenoxy) is 1. The van der Waals surface area contributed by atoms with Gasteiger partial charge in [0.15, 0.2) is 0 Å². The highest BCUT2D eigenvalue weighted by Gasteiger charge is 2.25. The topological polar surface area (TPSA) is 67.0 Å². The average molecular weight is 285 g/mol. The van der Waals surface area contributed by atoms with Crippen LogP contribution in [0.15, 0.2) is 36.5 Å². The highest BCUT2D eigenvalue weighted by Crippen LogP contribution is 2.19. The monoisotopic (exact) mass is 285 g/mol. The number of nitrogens with one attached hydrogen (secondary N) is 2. The van der Waals surface area contributed by atoms with E-state index in [4.69, 9.17) is 4.74 Å². The number of aromatic amines is 1. The highest BCUT2D eigenvalue weighted by molar-refractivity contribution is 5.81. The van der Waals surface area contributed by atoms with Gasteiger partial charge in [-0.1, -0.05) is 30.3 Å². The van der Waals surface area contributed by atoms with Crippen LogP contribution in [0.2, 0.25) is 0 Å². The molecule has 0 saturated carbocycles. The number of H-pyrrole nitrogens is 1. The molecule has 1 aliphatic rings. The first-order valence-corrected chi connectivity index (χ1v) is 7.26. The number of imidazole rings is 1. The van der Waals surface area contributed by atoms with Gasteiger partial charge in [0.1, 0.15) is 11.9 Å². The average Bonchev–Trinajstić information content (AvgIpc) is 3.20. The van der Waals surface area contributed by atoms with Crippen molar-refractivity contribution in [3.05, 3.63) is 42.4 Å². The zero-order chi connectivity index (χ0) is 14.7. The normalized spacial score (nSPS) is 19.4. The molecule has 0 aliphatic carbocycles. The Morgan fingerprint density at radius 3 is 2.95 bits per heavy atom. The predicted octanol–water partition coefficient (Wildman–Crippen LogP) is 2.43. The van der Waals surface area contributed by atoms with Crippen LogP contribution in [-0.4, -0.2) is 28.6 Å². The Morgan fingerprint density at radius 2 is 2.24 bits per heavy atom. The number of carbonyl (C=O) groups excluding carboxylic acids is 1. The van der Waals surface area contributed by atoms with E-state index in [1.165, 1.54) is 0 Å². The number of hydrogen-bond donors (Lipinski definition) is 2. The third kappa shape index (κ3) is 3.13. The first-order valence-electron chi connectivity index (χ1n) is 7.26. The van der Waals surface area contributed by atoms with E-state index in [1.807, 2.05) is 37.3 Å². The van der Waals surface area contributed by atoms with Gasteiger partial charge in [0.25, 0.3) is 0 Å². The standard InChI is InChI=1S/C16H19N3O2/c1-11(18-16(20)14-8-5-9-21-14)15-17-10-13(19-15)12-6-3-2-4-7-12/h2-4,6-7,10-11,14H,5,8-9H2,1H3,(H,17,19)(H,18,20)/t11-,14+/m0/s1. The molecule has 0 spiro atoms. The van der Waals surface area contributed by atoms with Gasteiger partial charge in [-0.05, 0) is 25.3 Å². The molecular weight excluding hydrogens is 266 g/mol. The second-order valence-corrected chi connectivity index (χ2v) is 5.28. The molecule has 1 aliphatic heterocycles. The van der Waals surface area contributed by atoms with Crippen LogP contribution in [0.1, 0.15) is 31.6 Å². The minimum atomic E-state index is -0.309. The smallest absolute Gasteiger partial charge is 0.249 e. The van der Waals surface area contributed by atoms with E-state index < -0.39 is 0 Å². The Balaban J connectivity index is 1.66. The third-order valence-corrected chi connectivity index (χ3v) is 3.67. The van der Waals surface area contributed by atoms with Crippen LogP contribution in [0, 0.1) is 0 Å². The van der Waals surface area contributed by atoms with Gasteiger partial charge < -0.3 is 15.0 Å². The fourth-order valence-corrected chi connectivity index (χ4v) is 2.48. The number of nitrogens with zero attached hydrogens (tertiary/aromatic N) is 1. The molecule has 0 bridgehead atoms. The SMILES string of the molecule is C[C@H](NC(=O)[C@H]1CCCO1)c1ncc(-c2ccccc2)[nH]1. The molecule has 2 N–H and O–H groups in total. The number of amides is 1. The summed E-state index contributed by atoms with van der Waals surface area (Å²) < 4.78 is 5.38. The molecule has 0 radical (unpaired) electrons. The Kier molecular flexibility index (Phi) is 4.01. The molecule has 110 valence electrons. The molecule has 1 amide bonds. The Morgan fingerprint density at radius 1 is 1.43 bits per heavy atom. The molecule has 2 aromatic rings. The molecule has 0 unspecified atom stereocenters. The second-order valence-electron chi connectivity index (χ2n) is 5.28. The Labute approximate surface area is 123 Å². The van der Waals surface area contributed by atoms with Crippen molar-refractivity contribution in [3.8, 4) is 11.3 Å². The van der Waals surface area contributed by atoms with Crippen LogP contribution in [-0.2, 0) is 9.53 Å². The van der Waals surface area contributed by atoms with Crippen molar-refractivity contribution in [1.29, 1.82) is 0 Å². The van der Waals surface area contributed by atoms with E-state index in [1.54, 1.807) is 6.20 Å². The van der Waals surface area contributed by atoms with Crippen molar-refractivity contribution in [2.75, 3.05) is 6.61 Å². The lowest BCUT2D eigenvalue weighted by Gasteiger charge is -2.15. The summed E-state index contributed by atoms with van der Waals surface area (Å²) in [5, 5.41) is 2.95. The fourth-order valence-electron chi connectivity index (χ4n) is 2.48. The summed E-state index contributed by atoms with van der Waals surface area (Å²) in [5.41, 5.74) is 2.03. The Hall–Kier alpha value is -2.14. The minimum absolute atomic E-state index is 0.0577. The molecule has 2 atom stereocenters. The van der Waals surface area contributed by atoms with Gasteiger partial charge in [0.05, 0.1) is 17.9 Å².